The summed E-state index contributed by atoms with van der Waals surface area (Å²) in [6.45, 7) is 3.26. The van der Waals surface area contributed by atoms with E-state index in [2.05, 4.69) is 52.1 Å². The number of halogens is 1. The van der Waals surface area contributed by atoms with Crippen LogP contribution in [0.1, 0.15) is 115 Å². The Bertz CT molecular complexity index is 452. The Balaban J connectivity index is 1.76. The van der Waals surface area contributed by atoms with Crippen molar-refractivity contribution in [3.63, 3.8) is 0 Å². The van der Waals surface area contributed by atoms with E-state index in [1.807, 2.05) is 6.21 Å². The van der Waals surface area contributed by atoms with Crippen LogP contribution < -0.4 is 0 Å². The van der Waals surface area contributed by atoms with Crippen LogP contribution in [0, 0.1) is 0 Å². The zero-order chi connectivity index (χ0) is 19.4. The second-order valence-corrected chi connectivity index (χ2v) is 8.81. The minimum Gasteiger partial charge on any atom is -0.293 e. The van der Waals surface area contributed by atoms with Crippen molar-refractivity contribution in [2.75, 3.05) is 6.54 Å². The number of rotatable bonds is 18. The molecular formula is C25H42BrN. The summed E-state index contributed by atoms with van der Waals surface area (Å²) in [7, 11) is 0. The average Bonchev–Trinajstić information content (AvgIpc) is 2.68. The highest BCUT2D eigenvalue weighted by atomic mass is 79.9. The maximum Gasteiger partial charge on any atom is 0.0389 e. The predicted octanol–water partition coefficient (Wildman–Crippen LogP) is 9.13. The fraction of sp³-hybridized carbons (Fsp3) is 0.720. The summed E-state index contributed by atoms with van der Waals surface area (Å²) in [5.74, 6) is 0. The Kier molecular flexibility index (Phi) is 16.9. The van der Waals surface area contributed by atoms with E-state index in [1.54, 1.807) is 0 Å². The van der Waals surface area contributed by atoms with E-state index >= 15 is 0 Å². The third-order valence-electron chi connectivity index (χ3n) is 5.25. The van der Waals surface area contributed by atoms with Crippen molar-refractivity contribution in [2.45, 2.75) is 110 Å². The summed E-state index contributed by atoms with van der Waals surface area (Å²) in [5, 5.41) is 0. The van der Waals surface area contributed by atoms with Gasteiger partial charge in [-0.25, -0.2) is 0 Å². The lowest BCUT2D eigenvalue weighted by molar-refractivity contribution is 0.530. The molecule has 0 aliphatic heterocycles. The number of aliphatic imine (C=N–C) groups is 1. The maximum absolute atomic E-state index is 4.53. The second kappa shape index (κ2) is 18.7. The van der Waals surface area contributed by atoms with Crippen LogP contribution in [0.15, 0.2) is 33.7 Å². The van der Waals surface area contributed by atoms with E-state index in [0.29, 0.717) is 0 Å². The zero-order valence-corrected chi connectivity index (χ0v) is 19.3. The zero-order valence-electron chi connectivity index (χ0n) is 17.7. The Hall–Kier alpha value is -0.630. The highest BCUT2D eigenvalue weighted by Crippen LogP contribution is 2.14. The first-order chi connectivity index (χ1) is 13.3. The Morgan fingerprint density at radius 1 is 0.630 bits per heavy atom. The lowest BCUT2D eigenvalue weighted by Crippen LogP contribution is -1.86. The van der Waals surface area contributed by atoms with Crippen LogP contribution in [0.4, 0.5) is 0 Å². The van der Waals surface area contributed by atoms with Crippen LogP contribution in [-0.2, 0) is 0 Å². The van der Waals surface area contributed by atoms with Crippen LogP contribution >= 0.6 is 15.9 Å². The fourth-order valence-corrected chi connectivity index (χ4v) is 3.73. The molecule has 154 valence electrons. The predicted molar refractivity (Wildman–Crippen MR) is 126 cm³/mol. The highest BCUT2D eigenvalue weighted by Gasteiger charge is 1.94. The normalized spacial score (nSPS) is 11.5. The first kappa shape index (κ1) is 24.4. The van der Waals surface area contributed by atoms with Crippen molar-refractivity contribution >= 4 is 22.1 Å². The standard InChI is InChI=1S/C25H42BrN/c1-2-3-4-5-6-7-8-9-10-11-12-13-14-15-16-17-22-27-23-24-18-20-25(26)21-19-24/h18-21,23H,2-17,22H2,1H3. The molecule has 0 aliphatic rings. The molecule has 0 aromatic heterocycles. The molecule has 0 atom stereocenters. The quantitative estimate of drug-likeness (QED) is 0.161. The summed E-state index contributed by atoms with van der Waals surface area (Å²) >= 11 is 3.46. The van der Waals surface area contributed by atoms with Crippen LogP contribution in [0.25, 0.3) is 0 Å². The number of nitrogens with zero attached hydrogens (tertiary/aromatic N) is 1. The average molecular weight is 437 g/mol. The van der Waals surface area contributed by atoms with Crippen molar-refractivity contribution in [1.29, 1.82) is 0 Å². The smallest absolute Gasteiger partial charge is 0.0389 e. The van der Waals surface area contributed by atoms with Crippen LogP contribution in [0.2, 0.25) is 0 Å². The van der Waals surface area contributed by atoms with E-state index in [1.165, 1.54) is 108 Å². The molecule has 0 heterocycles. The van der Waals surface area contributed by atoms with Crippen molar-refractivity contribution in [1.82, 2.24) is 0 Å². The minimum absolute atomic E-state index is 0.967. The molecule has 0 spiro atoms. The third-order valence-corrected chi connectivity index (χ3v) is 5.78. The van der Waals surface area contributed by atoms with E-state index in [9.17, 15) is 0 Å². The number of hydrogen-bond acceptors (Lipinski definition) is 1. The Labute approximate surface area is 177 Å². The summed E-state index contributed by atoms with van der Waals surface area (Å²) in [6, 6.07) is 8.33. The first-order valence-electron chi connectivity index (χ1n) is 11.6. The van der Waals surface area contributed by atoms with Crippen molar-refractivity contribution in [3.05, 3.63) is 34.3 Å². The number of unbranched alkanes of at least 4 members (excludes halogenated alkanes) is 15. The van der Waals surface area contributed by atoms with E-state index in [0.717, 1.165) is 11.0 Å². The van der Waals surface area contributed by atoms with Gasteiger partial charge in [0.05, 0.1) is 0 Å². The van der Waals surface area contributed by atoms with Crippen molar-refractivity contribution in [3.8, 4) is 0 Å². The Morgan fingerprint density at radius 2 is 1.04 bits per heavy atom. The van der Waals surface area contributed by atoms with Crippen LogP contribution in [-0.4, -0.2) is 12.8 Å². The van der Waals surface area contributed by atoms with Gasteiger partial charge in [0, 0.05) is 17.2 Å². The summed E-state index contributed by atoms with van der Waals surface area (Å²) in [4.78, 5) is 4.53. The molecule has 0 unspecified atom stereocenters. The monoisotopic (exact) mass is 435 g/mol. The SMILES string of the molecule is CCCCCCCCCCCCCCCCCCN=Cc1ccc(Br)cc1. The molecular weight excluding hydrogens is 394 g/mol. The van der Waals surface area contributed by atoms with Gasteiger partial charge >= 0.3 is 0 Å². The van der Waals surface area contributed by atoms with Crippen molar-refractivity contribution < 1.29 is 0 Å². The molecule has 0 bridgehead atoms. The van der Waals surface area contributed by atoms with E-state index in [-0.39, 0.29) is 0 Å². The largest absolute Gasteiger partial charge is 0.293 e. The van der Waals surface area contributed by atoms with Gasteiger partial charge in [0.2, 0.25) is 0 Å². The highest BCUT2D eigenvalue weighted by molar-refractivity contribution is 9.10. The van der Waals surface area contributed by atoms with Crippen LogP contribution in [0.3, 0.4) is 0 Å². The molecule has 0 saturated heterocycles. The lowest BCUT2D eigenvalue weighted by atomic mass is 10.0. The minimum atomic E-state index is 0.967. The molecule has 0 fully saturated rings. The molecule has 0 saturated carbocycles. The summed E-state index contributed by atoms with van der Waals surface area (Å²) < 4.78 is 1.12. The van der Waals surface area contributed by atoms with Gasteiger partial charge in [0.15, 0.2) is 0 Å². The summed E-state index contributed by atoms with van der Waals surface area (Å²) in [6.07, 6.45) is 24.7. The fourth-order valence-electron chi connectivity index (χ4n) is 3.47. The maximum atomic E-state index is 4.53. The van der Waals surface area contributed by atoms with E-state index < -0.39 is 0 Å². The number of benzene rings is 1. The molecule has 0 aliphatic carbocycles. The Morgan fingerprint density at radius 3 is 1.48 bits per heavy atom. The molecule has 1 nitrogen and oxygen atoms in total. The van der Waals surface area contributed by atoms with Gasteiger partial charge in [0.1, 0.15) is 0 Å². The van der Waals surface area contributed by atoms with Gasteiger partial charge in [0.25, 0.3) is 0 Å². The molecule has 0 radical (unpaired) electrons. The molecule has 1 aromatic rings. The summed E-state index contributed by atoms with van der Waals surface area (Å²) in [5.41, 5.74) is 1.19. The van der Waals surface area contributed by atoms with Gasteiger partial charge in [-0.2, -0.15) is 0 Å². The lowest BCUT2D eigenvalue weighted by Gasteiger charge is -2.03. The molecule has 0 amide bonds. The molecule has 2 heteroatoms. The molecule has 1 rings (SSSR count). The first-order valence-corrected chi connectivity index (χ1v) is 12.4. The topological polar surface area (TPSA) is 12.4 Å². The molecule has 1 aromatic carbocycles. The molecule has 0 N–H and O–H groups in total. The van der Waals surface area contributed by atoms with Gasteiger partial charge in [-0.3, -0.25) is 4.99 Å². The van der Waals surface area contributed by atoms with Gasteiger partial charge in [-0.1, -0.05) is 131 Å². The van der Waals surface area contributed by atoms with Crippen LogP contribution in [0.5, 0.6) is 0 Å². The van der Waals surface area contributed by atoms with Gasteiger partial charge < -0.3 is 0 Å². The molecule has 27 heavy (non-hydrogen) atoms. The van der Waals surface area contributed by atoms with Gasteiger partial charge in [-0.15, -0.1) is 0 Å². The van der Waals surface area contributed by atoms with Crippen molar-refractivity contribution in [2.24, 2.45) is 4.99 Å². The third kappa shape index (κ3) is 16.1. The number of hydrogen-bond donors (Lipinski definition) is 0. The van der Waals surface area contributed by atoms with Gasteiger partial charge in [-0.05, 0) is 24.1 Å². The van der Waals surface area contributed by atoms with E-state index in [4.69, 9.17) is 0 Å². The second-order valence-electron chi connectivity index (χ2n) is 7.89.